The number of methoxy groups -OCH3 is 1. The molecule has 17 nitrogen and oxygen atoms in total. The Morgan fingerprint density at radius 1 is 0.894 bits per heavy atom. The molecule has 6 amide bonds. The number of rotatable bonds is 25. The van der Waals surface area contributed by atoms with Crippen molar-refractivity contribution in [1.82, 2.24) is 30.5 Å². The molecule has 2 aliphatic heterocycles. The fourth-order valence-corrected chi connectivity index (χ4v) is 7.90. The highest BCUT2D eigenvalue weighted by Gasteiger charge is 2.45. The molecule has 3 N–H and O–H groups in total. The van der Waals surface area contributed by atoms with E-state index in [0.29, 0.717) is 54.5 Å². The molecule has 3 heterocycles. The van der Waals surface area contributed by atoms with Crippen LogP contribution in [0.2, 0.25) is 0 Å². The predicted octanol–water partition coefficient (Wildman–Crippen LogP) is 6.39. The van der Waals surface area contributed by atoms with E-state index in [1.54, 1.807) is 37.5 Å². The van der Waals surface area contributed by atoms with Gasteiger partial charge in [-0.1, -0.05) is 68.0 Å². The van der Waals surface area contributed by atoms with Gasteiger partial charge in [-0.2, -0.15) is 0 Å². The lowest BCUT2D eigenvalue weighted by Gasteiger charge is -2.27. The number of benzene rings is 3. The standard InChI is InChI=1S/C49H57N7O10/c1-4-65-43-29-38(34(28-42(43)64-3)25-26-50-32(2)57)41(58)23-19-33-17-20-36(21-18-33)66-31-35-30-55(54-53-35)27-12-10-8-6-5-7-9-11-16-44(59)51-39-15-13-14-37-46(39)49(63)56(48(37)62)40-22-24-45(60)52-47(40)61/h13-15,17-21,23,28-30,40H,4-12,16,22,24-27,31H2,1-3H3,(H,50,57)(H,51,59)(H,52,60,61)/b23-19+. The van der Waals surface area contributed by atoms with Gasteiger partial charge in [0.1, 0.15) is 24.1 Å². The fraction of sp³-hybridized carbons (Fsp3) is 0.408. The number of aromatic nitrogens is 3. The number of fused-ring (bicyclic) bond motifs is 1. The molecule has 1 unspecified atom stereocenters. The van der Waals surface area contributed by atoms with Crippen molar-refractivity contribution >= 4 is 53.0 Å². The summed E-state index contributed by atoms with van der Waals surface area (Å²) >= 11 is 0. The number of amides is 6. The molecule has 1 atom stereocenters. The summed E-state index contributed by atoms with van der Waals surface area (Å²) in [5.74, 6) is -1.35. The third kappa shape index (κ3) is 13.0. The zero-order valence-electron chi connectivity index (χ0n) is 37.7. The van der Waals surface area contributed by atoms with E-state index >= 15 is 0 Å². The number of aryl methyl sites for hydroxylation is 1. The van der Waals surface area contributed by atoms with E-state index in [9.17, 15) is 33.6 Å². The number of nitrogens with one attached hydrogen (secondary N) is 3. The van der Waals surface area contributed by atoms with Gasteiger partial charge in [-0.05, 0) is 86.2 Å². The maximum atomic E-state index is 13.4. The zero-order valence-corrected chi connectivity index (χ0v) is 37.7. The van der Waals surface area contributed by atoms with Crippen molar-refractivity contribution < 1.29 is 47.8 Å². The number of allylic oxidation sites excluding steroid dienone is 1. The molecule has 3 aromatic carbocycles. The summed E-state index contributed by atoms with van der Waals surface area (Å²) < 4.78 is 19.0. The Morgan fingerprint density at radius 2 is 1.64 bits per heavy atom. The number of nitrogens with zero attached hydrogens (tertiary/aromatic N) is 4. The van der Waals surface area contributed by atoms with Crippen LogP contribution in [0.1, 0.15) is 132 Å². The maximum Gasteiger partial charge on any atom is 0.264 e. The molecule has 1 fully saturated rings. The first-order chi connectivity index (χ1) is 31.9. The third-order valence-corrected chi connectivity index (χ3v) is 11.3. The molecule has 1 saturated heterocycles. The van der Waals surface area contributed by atoms with Crippen LogP contribution < -0.4 is 30.2 Å². The number of imide groups is 2. The van der Waals surface area contributed by atoms with E-state index in [-0.39, 0.29) is 60.3 Å². The topological polar surface area (TPSA) is 217 Å². The SMILES string of the molecule is CCOc1cc(C(=O)/C=C/c2ccc(OCc3cn(CCCCCCCCCCC(=O)Nc4cccc5c4C(=O)N(C4CCC(=O)NC4=O)C5=O)nn3)cc2)c(CCNC(C)=O)cc1OC. The van der Waals surface area contributed by atoms with Gasteiger partial charge < -0.3 is 24.8 Å². The molecule has 17 heteroatoms. The summed E-state index contributed by atoms with van der Waals surface area (Å²) in [4.78, 5) is 88.8. The lowest BCUT2D eigenvalue weighted by atomic mass is 9.99. The van der Waals surface area contributed by atoms with Gasteiger partial charge in [0.2, 0.25) is 23.6 Å². The second-order valence-electron chi connectivity index (χ2n) is 16.2. The average molecular weight is 904 g/mol. The molecule has 1 aromatic heterocycles. The van der Waals surface area contributed by atoms with Gasteiger partial charge in [-0.3, -0.25) is 48.5 Å². The highest BCUT2D eigenvalue weighted by molar-refractivity contribution is 6.26. The number of anilines is 1. The first kappa shape index (κ1) is 48.3. The summed E-state index contributed by atoms with van der Waals surface area (Å²) in [5.41, 5.74) is 3.17. The smallest absolute Gasteiger partial charge is 0.264 e. The van der Waals surface area contributed by atoms with Gasteiger partial charge in [0.15, 0.2) is 17.3 Å². The van der Waals surface area contributed by atoms with Crippen molar-refractivity contribution in [3.63, 3.8) is 0 Å². The number of carbonyl (C=O) groups is 7. The number of piperidine rings is 1. The quantitative estimate of drug-likeness (QED) is 0.0285. The summed E-state index contributed by atoms with van der Waals surface area (Å²) in [6, 6.07) is 14.4. The lowest BCUT2D eigenvalue weighted by molar-refractivity contribution is -0.136. The van der Waals surface area contributed by atoms with Crippen molar-refractivity contribution in [2.45, 2.75) is 110 Å². The maximum absolute atomic E-state index is 13.4. The summed E-state index contributed by atoms with van der Waals surface area (Å²) in [7, 11) is 1.54. The fourth-order valence-electron chi connectivity index (χ4n) is 7.90. The molecule has 0 aliphatic carbocycles. The number of ketones is 1. The van der Waals surface area contributed by atoms with Gasteiger partial charge in [0.05, 0.1) is 36.7 Å². The van der Waals surface area contributed by atoms with Gasteiger partial charge in [0.25, 0.3) is 11.8 Å². The number of unbranched alkanes of at least 4 members (excludes halogenated alkanes) is 7. The van der Waals surface area contributed by atoms with Gasteiger partial charge in [-0.25, -0.2) is 0 Å². The highest BCUT2D eigenvalue weighted by atomic mass is 16.5. The molecule has 4 aromatic rings. The second kappa shape index (κ2) is 23.7. The summed E-state index contributed by atoms with van der Waals surface area (Å²) in [6.07, 6.45) is 13.8. The van der Waals surface area contributed by atoms with Crippen LogP contribution in [-0.2, 0) is 38.8 Å². The molecular formula is C49H57N7O10. The Balaban J connectivity index is 0.839. The Morgan fingerprint density at radius 3 is 2.35 bits per heavy atom. The second-order valence-corrected chi connectivity index (χ2v) is 16.2. The molecule has 66 heavy (non-hydrogen) atoms. The van der Waals surface area contributed by atoms with Crippen LogP contribution in [0.25, 0.3) is 6.08 Å². The number of hydrogen-bond acceptors (Lipinski definition) is 12. The van der Waals surface area contributed by atoms with Crippen molar-refractivity contribution in [1.29, 1.82) is 0 Å². The van der Waals surface area contributed by atoms with Crippen molar-refractivity contribution in [3.05, 3.63) is 100 Å². The molecule has 0 spiro atoms. The summed E-state index contributed by atoms with van der Waals surface area (Å²) in [6.45, 7) is 5.11. The van der Waals surface area contributed by atoms with E-state index in [2.05, 4.69) is 26.3 Å². The molecule has 6 rings (SSSR count). The Hall–Kier alpha value is -7.17. The van der Waals surface area contributed by atoms with Crippen LogP contribution in [0.4, 0.5) is 5.69 Å². The zero-order chi connectivity index (χ0) is 47.0. The Bertz CT molecular complexity index is 2440. The largest absolute Gasteiger partial charge is 0.493 e. The van der Waals surface area contributed by atoms with E-state index in [0.717, 1.165) is 67.5 Å². The summed E-state index contributed by atoms with van der Waals surface area (Å²) in [5, 5.41) is 16.2. The lowest BCUT2D eigenvalue weighted by Crippen LogP contribution is -2.54. The molecule has 348 valence electrons. The number of carbonyl (C=O) groups excluding carboxylic acids is 7. The Labute approximate surface area is 383 Å². The first-order valence-electron chi connectivity index (χ1n) is 22.5. The number of ether oxygens (including phenoxy) is 3. The van der Waals surface area contributed by atoms with Crippen LogP contribution in [0.3, 0.4) is 0 Å². The van der Waals surface area contributed by atoms with Crippen molar-refractivity contribution in [2.75, 3.05) is 25.6 Å². The molecular weight excluding hydrogens is 847 g/mol. The van der Waals surface area contributed by atoms with Crippen molar-refractivity contribution in [3.8, 4) is 17.2 Å². The van der Waals surface area contributed by atoms with Crippen LogP contribution in [0.5, 0.6) is 17.2 Å². The van der Waals surface area contributed by atoms with Gasteiger partial charge in [0, 0.05) is 38.4 Å². The van der Waals surface area contributed by atoms with E-state index < -0.39 is 29.7 Å². The minimum Gasteiger partial charge on any atom is -0.493 e. The Kier molecular flexibility index (Phi) is 17.3. The monoisotopic (exact) mass is 903 g/mol. The van der Waals surface area contributed by atoms with E-state index in [1.807, 2.05) is 42.1 Å². The highest BCUT2D eigenvalue weighted by Crippen LogP contribution is 2.34. The third-order valence-electron chi connectivity index (χ3n) is 11.3. The first-order valence-corrected chi connectivity index (χ1v) is 22.5. The minimum absolute atomic E-state index is 0.0297. The van der Waals surface area contributed by atoms with Gasteiger partial charge in [-0.15, -0.1) is 5.10 Å². The predicted molar refractivity (Wildman–Crippen MR) is 244 cm³/mol. The minimum atomic E-state index is -1.07. The average Bonchev–Trinajstić information content (AvgIpc) is 3.86. The molecule has 0 saturated carbocycles. The van der Waals surface area contributed by atoms with E-state index in [4.69, 9.17) is 14.2 Å². The molecule has 0 radical (unpaired) electrons. The van der Waals surface area contributed by atoms with Crippen molar-refractivity contribution in [2.24, 2.45) is 0 Å². The normalized spacial score (nSPS) is 14.6. The van der Waals surface area contributed by atoms with Crippen LogP contribution in [-0.4, -0.2) is 87.4 Å². The number of hydrogen-bond donors (Lipinski definition) is 3. The van der Waals surface area contributed by atoms with Crippen LogP contribution >= 0.6 is 0 Å². The molecule has 2 aliphatic rings. The van der Waals surface area contributed by atoms with E-state index in [1.165, 1.54) is 19.1 Å². The van der Waals surface area contributed by atoms with Crippen LogP contribution in [0, 0.1) is 0 Å². The van der Waals surface area contributed by atoms with Gasteiger partial charge >= 0.3 is 0 Å². The van der Waals surface area contributed by atoms with Crippen LogP contribution in [0.15, 0.2) is 66.9 Å². The molecule has 0 bridgehead atoms.